The number of rotatable bonds is 10. The van der Waals surface area contributed by atoms with E-state index in [-0.39, 0.29) is 48.4 Å². The zero-order valence-corrected chi connectivity index (χ0v) is 25.8. The Bertz CT molecular complexity index is 1480. The van der Waals surface area contributed by atoms with Crippen molar-refractivity contribution in [2.24, 2.45) is 11.7 Å². The Balaban J connectivity index is 1.32. The molecule has 0 spiro atoms. The molecule has 3 N–H and O–H groups in total. The molecule has 0 radical (unpaired) electrons. The van der Waals surface area contributed by atoms with Gasteiger partial charge >= 0.3 is 12.1 Å². The molecule has 1 aromatic carbocycles. The zero-order valence-electron chi connectivity index (χ0n) is 25.0. The van der Waals surface area contributed by atoms with E-state index < -0.39 is 51.9 Å². The summed E-state index contributed by atoms with van der Waals surface area (Å²) in [6.45, 7) is 2.56. The van der Waals surface area contributed by atoms with Crippen molar-refractivity contribution in [3.63, 3.8) is 0 Å². The fourth-order valence-corrected chi connectivity index (χ4v) is 7.29. The second-order valence-corrected chi connectivity index (χ2v) is 13.1. The van der Waals surface area contributed by atoms with Crippen molar-refractivity contribution in [1.29, 1.82) is 0 Å². The van der Waals surface area contributed by atoms with Crippen LogP contribution < -0.4 is 11.1 Å². The van der Waals surface area contributed by atoms with Crippen molar-refractivity contribution >= 4 is 27.8 Å². The summed E-state index contributed by atoms with van der Waals surface area (Å²) < 4.78 is 71.7. The lowest BCUT2D eigenvalue weighted by Gasteiger charge is -2.34. The predicted molar refractivity (Wildman–Crippen MR) is 155 cm³/mol. The zero-order chi connectivity index (χ0) is 32.9. The van der Waals surface area contributed by atoms with Crippen LogP contribution in [0.15, 0.2) is 41.4 Å². The van der Waals surface area contributed by atoms with Crippen LogP contribution in [0.4, 0.5) is 13.2 Å². The van der Waals surface area contributed by atoms with Gasteiger partial charge in [0.15, 0.2) is 0 Å². The Morgan fingerprint density at radius 3 is 2.38 bits per heavy atom. The first kappa shape index (κ1) is 34.2. The fourth-order valence-electron chi connectivity index (χ4n) is 5.63. The number of carbonyl (C=O) groups excluding carboxylic acids is 3. The van der Waals surface area contributed by atoms with E-state index in [1.54, 1.807) is 17.0 Å². The Morgan fingerprint density at radius 1 is 1.09 bits per heavy atom. The smallest absolute Gasteiger partial charge is 0.433 e. The molecular formula is C29H37F3N6O6S. The number of hydrogen-bond acceptors (Lipinski definition) is 9. The molecule has 2 aliphatic rings. The molecule has 4 rings (SSSR count). The summed E-state index contributed by atoms with van der Waals surface area (Å²) in [5.74, 6) is -2.07. The Hall–Kier alpha value is -3.63. The summed E-state index contributed by atoms with van der Waals surface area (Å²) in [5.41, 5.74) is 6.01. The number of amides is 2. The molecule has 2 aliphatic heterocycles. The van der Waals surface area contributed by atoms with Crippen LogP contribution in [0.2, 0.25) is 0 Å². The van der Waals surface area contributed by atoms with E-state index in [9.17, 15) is 36.0 Å². The van der Waals surface area contributed by atoms with Gasteiger partial charge in [0.25, 0.3) is 0 Å². The summed E-state index contributed by atoms with van der Waals surface area (Å²) in [7, 11) is -2.81. The third kappa shape index (κ3) is 8.16. The highest BCUT2D eigenvalue weighted by atomic mass is 32.2. The molecule has 2 fully saturated rings. The van der Waals surface area contributed by atoms with E-state index in [0.29, 0.717) is 32.4 Å². The monoisotopic (exact) mass is 654 g/mol. The molecule has 16 heteroatoms. The van der Waals surface area contributed by atoms with Crippen LogP contribution in [0.1, 0.15) is 61.6 Å². The molecule has 0 aliphatic carbocycles. The average molecular weight is 655 g/mol. The third-order valence-electron chi connectivity index (χ3n) is 8.25. The van der Waals surface area contributed by atoms with Gasteiger partial charge in [0.05, 0.1) is 18.0 Å². The van der Waals surface area contributed by atoms with Gasteiger partial charge < -0.3 is 20.7 Å². The molecular weight excluding hydrogens is 617 g/mol. The molecule has 12 nitrogen and oxygen atoms in total. The molecule has 2 saturated heterocycles. The van der Waals surface area contributed by atoms with Crippen LogP contribution in [0, 0.1) is 12.8 Å². The normalized spacial score (nSPS) is 19.6. The number of piperidine rings is 1. The number of aryl methyl sites for hydroxylation is 1. The number of esters is 1. The highest BCUT2D eigenvalue weighted by Gasteiger charge is 2.41. The first-order valence-electron chi connectivity index (χ1n) is 14.6. The maximum absolute atomic E-state index is 13.3. The average Bonchev–Trinajstić information content (AvgIpc) is 3.53. The molecule has 45 heavy (non-hydrogen) atoms. The van der Waals surface area contributed by atoms with Crippen LogP contribution in [-0.4, -0.2) is 84.2 Å². The fraction of sp³-hybridized carbons (Fsp3) is 0.552. The van der Waals surface area contributed by atoms with Gasteiger partial charge in [-0.15, -0.1) is 0 Å². The number of hydrogen-bond donors (Lipinski definition) is 2. The molecule has 3 heterocycles. The topological polar surface area (TPSA) is 165 Å². The summed E-state index contributed by atoms with van der Waals surface area (Å²) in [4.78, 5) is 47.9. The number of sulfonamides is 1. The number of alkyl halides is 3. The number of likely N-dealkylation sites (tertiary alicyclic amines) is 1. The van der Waals surface area contributed by atoms with E-state index in [0.717, 1.165) is 29.2 Å². The van der Waals surface area contributed by atoms with E-state index in [1.807, 2.05) is 6.92 Å². The number of benzene rings is 1. The summed E-state index contributed by atoms with van der Waals surface area (Å²) >= 11 is 0. The highest BCUT2D eigenvalue weighted by molar-refractivity contribution is 7.89. The third-order valence-corrected chi connectivity index (χ3v) is 10.2. The first-order valence-corrected chi connectivity index (χ1v) is 16.1. The molecule has 0 bridgehead atoms. The van der Waals surface area contributed by atoms with Gasteiger partial charge in [0, 0.05) is 32.3 Å². The van der Waals surface area contributed by atoms with E-state index in [4.69, 9.17) is 10.5 Å². The Labute approximate surface area is 259 Å². The standard InChI is InChI=1S/C29H37F3N6O6S/c1-18-5-7-20(8-6-18)45(42,43)38-15-3-4-22(38)27(40)35-21(28(41)44-2)9-10-24(39)37-16-12-19(13-17-37)25(33)26-34-14-11-23(36-26)29(30,31)32/h5-8,11,14,19,21-22,25H,3-4,9-10,12-13,15-17,33H2,1-2H3,(H,35,40)/t21-,22-,25?/m0/s1. The van der Waals surface area contributed by atoms with Gasteiger partial charge in [-0.25, -0.2) is 23.2 Å². The Kier molecular flexibility index (Phi) is 10.8. The largest absolute Gasteiger partial charge is 0.467 e. The lowest BCUT2D eigenvalue weighted by molar-refractivity contribution is -0.146. The molecule has 246 valence electrons. The lowest BCUT2D eigenvalue weighted by Crippen LogP contribution is -2.51. The second-order valence-electron chi connectivity index (χ2n) is 11.3. The maximum Gasteiger partial charge on any atom is 0.433 e. The number of carbonyl (C=O) groups is 3. The number of ether oxygens (including phenoxy) is 1. The molecule has 2 amide bonds. The maximum atomic E-state index is 13.3. The van der Waals surface area contributed by atoms with Crippen molar-refractivity contribution in [2.45, 2.75) is 74.6 Å². The van der Waals surface area contributed by atoms with Crippen molar-refractivity contribution < 1.29 is 40.7 Å². The minimum atomic E-state index is -4.62. The van der Waals surface area contributed by atoms with E-state index in [1.165, 1.54) is 12.1 Å². The molecule has 1 aromatic heterocycles. The van der Waals surface area contributed by atoms with Gasteiger partial charge in [-0.2, -0.15) is 17.5 Å². The van der Waals surface area contributed by atoms with Crippen molar-refractivity contribution in [1.82, 2.24) is 24.5 Å². The van der Waals surface area contributed by atoms with Crippen LogP contribution in [-0.2, 0) is 35.3 Å². The van der Waals surface area contributed by atoms with Crippen molar-refractivity contribution in [2.75, 3.05) is 26.7 Å². The number of halogens is 3. The van der Waals surface area contributed by atoms with E-state index >= 15 is 0 Å². The van der Waals surface area contributed by atoms with Crippen LogP contribution in [0.25, 0.3) is 0 Å². The minimum absolute atomic E-state index is 0.0648. The summed E-state index contributed by atoms with van der Waals surface area (Å²) in [6, 6.07) is 4.04. The number of nitrogens with two attached hydrogens (primary N) is 1. The van der Waals surface area contributed by atoms with Gasteiger partial charge in [-0.1, -0.05) is 17.7 Å². The van der Waals surface area contributed by atoms with Gasteiger partial charge in [0.1, 0.15) is 23.6 Å². The molecule has 2 aromatic rings. The van der Waals surface area contributed by atoms with E-state index in [2.05, 4.69) is 15.3 Å². The lowest BCUT2D eigenvalue weighted by atomic mass is 9.89. The highest BCUT2D eigenvalue weighted by Crippen LogP contribution is 2.31. The van der Waals surface area contributed by atoms with Gasteiger partial charge in [-0.3, -0.25) is 9.59 Å². The van der Waals surface area contributed by atoms with Crippen molar-refractivity contribution in [3.8, 4) is 0 Å². The van der Waals surface area contributed by atoms with Crippen molar-refractivity contribution in [3.05, 3.63) is 53.6 Å². The molecule has 0 saturated carbocycles. The molecule has 1 unspecified atom stereocenters. The Morgan fingerprint density at radius 2 is 1.76 bits per heavy atom. The van der Waals surface area contributed by atoms with Crippen LogP contribution in [0.5, 0.6) is 0 Å². The number of aromatic nitrogens is 2. The van der Waals surface area contributed by atoms with Gasteiger partial charge in [-0.05, 0) is 63.1 Å². The summed E-state index contributed by atoms with van der Waals surface area (Å²) in [5, 5.41) is 2.59. The first-order chi connectivity index (χ1) is 21.2. The number of nitrogens with one attached hydrogen (secondary N) is 1. The number of nitrogens with zero attached hydrogens (tertiary/aromatic N) is 4. The number of methoxy groups -OCH3 is 1. The minimum Gasteiger partial charge on any atom is -0.467 e. The second kappa shape index (κ2) is 14.2. The predicted octanol–water partition coefficient (Wildman–Crippen LogP) is 2.33. The summed E-state index contributed by atoms with van der Waals surface area (Å²) in [6.07, 6.45) is -2.23. The van der Waals surface area contributed by atoms with Gasteiger partial charge in [0.2, 0.25) is 21.8 Å². The molecule has 3 atom stereocenters. The van der Waals surface area contributed by atoms with Crippen LogP contribution >= 0.6 is 0 Å². The quantitative estimate of drug-likeness (QED) is 0.366. The van der Waals surface area contributed by atoms with Crippen LogP contribution in [0.3, 0.4) is 0 Å². The SMILES string of the molecule is COC(=O)[C@H](CCC(=O)N1CCC(C(N)c2nccc(C(F)(F)F)n2)CC1)NC(=O)[C@@H]1CCCN1S(=O)(=O)c1ccc(C)cc1.